The van der Waals surface area contributed by atoms with E-state index in [1.165, 1.54) is 0 Å². The molecule has 0 radical (unpaired) electrons. The van der Waals surface area contributed by atoms with E-state index < -0.39 is 0 Å². The SMILES string of the molecule is CCC(C)Nc1nc(C)cc(Nc2ccc(OC)c(OC)c2)n1. The van der Waals surface area contributed by atoms with Gasteiger partial charge < -0.3 is 20.1 Å². The van der Waals surface area contributed by atoms with Crippen LogP contribution < -0.4 is 20.1 Å². The van der Waals surface area contributed by atoms with Gasteiger partial charge in [0.1, 0.15) is 5.82 Å². The number of hydrogen-bond donors (Lipinski definition) is 2. The van der Waals surface area contributed by atoms with Crippen LogP contribution in [0.1, 0.15) is 26.0 Å². The normalized spacial score (nSPS) is 11.7. The molecule has 0 amide bonds. The van der Waals surface area contributed by atoms with Gasteiger partial charge in [-0.15, -0.1) is 0 Å². The highest BCUT2D eigenvalue weighted by Crippen LogP contribution is 2.31. The lowest BCUT2D eigenvalue weighted by Crippen LogP contribution is -2.16. The molecule has 2 aromatic rings. The summed E-state index contributed by atoms with van der Waals surface area (Å²) in [6.45, 7) is 6.17. The Balaban J connectivity index is 2.22. The fourth-order valence-electron chi connectivity index (χ4n) is 2.08. The lowest BCUT2D eigenvalue weighted by Gasteiger charge is -2.14. The summed E-state index contributed by atoms with van der Waals surface area (Å²) in [7, 11) is 3.23. The van der Waals surface area contributed by atoms with Gasteiger partial charge in [-0.1, -0.05) is 6.92 Å². The first-order valence-electron chi connectivity index (χ1n) is 7.67. The van der Waals surface area contributed by atoms with Gasteiger partial charge in [-0.25, -0.2) is 4.98 Å². The van der Waals surface area contributed by atoms with E-state index >= 15 is 0 Å². The molecule has 0 aliphatic rings. The summed E-state index contributed by atoms with van der Waals surface area (Å²) < 4.78 is 10.6. The first kappa shape index (κ1) is 16.9. The maximum atomic E-state index is 5.32. The summed E-state index contributed by atoms with van der Waals surface area (Å²) >= 11 is 0. The van der Waals surface area contributed by atoms with E-state index in [9.17, 15) is 0 Å². The molecule has 6 nitrogen and oxygen atoms in total. The van der Waals surface area contributed by atoms with Crippen molar-refractivity contribution in [3.63, 3.8) is 0 Å². The Morgan fingerprint density at radius 3 is 2.48 bits per heavy atom. The summed E-state index contributed by atoms with van der Waals surface area (Å²) in [6.07, 6.45) is 1.01. The number of benzene rings is 1. The largest absolute Gasteiger partial charge is 0.493 e. The summed E-state index contributed by atoms with van der Waals surface area (Å²) in [5.41, 5.74) is 1.77. The zero-order chi connectivity index (χ0) is 16.8. The van der Waals surface area contributed by atoms with E-state index in [0.717, 1.165) is 23.6 Å². The summed E-state index contributed by atoms with van der Waals surface area (Å²) in [6, 6.07) is 7.87. The second-order valence-corrected chi connectivity index (χ2v) is 5.37. The first-order chi connectivity index (χ1) is 11.0. The molecule has 1 aromatic heterocycles. The highest BCUT2D eigenvalue weighted by Gasteiger charge is 2.08. The number of nitrogens with one attached hydrogen (secondary N) is 2. The third-order valence-corrected chi connectivity index (χ3v) is 3.50. The predicted molar refractivity (Wildman–Crippen MR) is 93.0 cm³/mol. The zero-order valence-electron chi connectivity index (χ0n) is 14.3. The molecule has 0 aliphatic carbocycles. The number of aromatic nitrogens is 2. The van der Waals surface area contributed by atoms with Gasteiger partial charge in [-0.2, -0.15) is 4.98 Å². The Morgan fingerprint density at radius 2 is 1.83 bits per heavy atom. The Kier molecular flexibility index (Phi) is 5.62. The molecule has 124 valence electrons. The Bertz CT molecular complexity index is 661. The fourth-order valence-corrected chi connectivity index (χ4v) is 2.08. The van der Waals surface area contributed by atoms with Crippen LogP contribution in [0.4, 0.5) is 17.5 Å². The number of methoxy groups -OCH3 is 2. The van der Waals surface area contributed by atoms with Gasteiger partial charge in [0.15, 0.2) is 11.5 Å². The van der Waals surface area contributed by atoms with Crippen LogP contribution in [0, 0.1) is 6.92 Å². The van der Waals surface area contributed by atoms with Gasteiger partial charge in [0, 0.05) is 29.6 Å². The maximum absolute atomic E-state index is 5.32. The predicted octanol–water partition coefficient (Wildman–Crippen LogP) is 3.76. The summed E-state index contributed by atoms with van der Waals surface area (Å²) in [4.78, 5) is 8.93. The van der Waals surface area contributed by atoms with E-state index in [-0.39, 0.29) is 0 Å². The summed E-state index contributed by atoms with van der Waals surface area (Å²) in [5, 5.41) is 6.57. The standard InChI is InChI=1S/C17H24N4O2/c1-6-11(2)18-17-19-12(3)9-16(21-17)20-13-7-8-14(22-4)15(10-13)23-5/h7-11H,6H2,1-5H3,(H2,18,19,20,21). The zero-order valence-corrected chi connectivity index (χ0v) is 14.3. The smallest absolute Gasteiger partial charge is 0.225 e. The van der Waals surface area contributed by atoms with E-state index in [1.807, 2.05) is 31.2 Å². The molecule has 0 bridgehead atoms. The second kappa shape index (κ2) is 7.67. The summed E-state index contributed by atoms with van der Waals surface area (Å²) in [5.74, 6) is 2.72. The highest BCUT2D eigenvalue weighted by molar-refractivity contribution is 5.62. The van der Waals surface area contributed by atoms with Crippen LogP contribution in [0.15, 0.2) is 24.3 Å². The first-order valence-corrected chi connectivity index (χ1v) is 7.67. The molecule has 0 saturated carbocycles. The van der Waals surface area contributed by atoms with Gasteiger partial charge in [0.2, 0.25) is 5.95 Å². The van der Waals surface area contributed by atoms with Crippen molar-refractivity contribution in [2.24, 2.45) is 0 Å². The quantitative estimate of drug-likeness (QED) is 0.810. The van der Waals surface area contributed by atoms with Gasteiger partial charge >= 0.3 is 0 Å². The van der Waals surface area contributed by atoms with E-state index in [1.54, 1.807) is 14.2 Å². The minimum atomic E-state index is 0.325. The Morgan fingerprint density at radius 1 is 1.09 bits per heavy atom. The molecule has 0 saturated heterocycles. The van der Waals surface area contributed by atoms with Crippen molar-refractivity contribution in [2.75, 3.05) is 24.9 Å². The number of ether oxygens (including phenoxy) is 2. The minimum Gasteiger partial charge on any atom is -0.493 e. The van der Waals surface area contributed by atoms with Crippen LogP contribution in [0.5, 0.6) is 11.5 Å². The van der Waals surface area contributed by atoms with E-state index in [2.05, 4.69) is 34.4 Å². The monoisotopic (exact) mass is 316 g/mol. The molecule has 6 heteroatoms. The van der Waals surface area contributed by atoms with Crippen molar-refractivity contribution in [2.45, 2.75) is 33.2 Å². The van der Waals surface area contributed by atoms with E-state index in [4.69, 9.17) is 9.47 Å². The maximum Gasteiger partial charge on any atom is 0.225 e. The lowest BCUT2D eigenvalue weighted by molar-refractivity contribution is 0.355. The minimum absolute atomic E-state index is 0.325. The molecule has 0 fully saturated rings. The average molecular weight is 316 g/mol. The molecule has 1 heterocycles. The van der Waals surface area contributed by atoms with Gasteiger partial charge in [-0.05, 0) is 32.4 Å². The van der Waals surface area contributed by atoms with E-state index in [0.29, 0.717) is 23.5 Å². The molecule has 2 rings (SSSR count). The van der Waals surface area contributed by atoms with Crippen LogP contribution in [-0.2, 0) is 0 Å². The van der Waals surface area contributed by atoms with Gasteiger partial charge in [0.25, 0.3) is 0 Å². The number of anilines is 3. The van der Waals surface area contributed by atoms with Gasteiger partial charge in [0.05, 0.1) is 14.2 Å². The van der Waals surface area contributed by atoms with Crippen molar-refractivity contribution >= 4 is 17.5 Å². The molecule has 0 spiro atoms. The number of aryl methyl sites for hydroxylation is 1. The lowest BCUT2D eigenvalue weighted by atomic mass is 10.2. The molecule has 0 aliphatic heterocycles. The number of rotatable bonds is 7. The van der Waals surface area contributed by atoms with Crippen molar-refractivity contribution in [3.8, 4) is 11.5 Å². The Hall–Kier alpha value is -2.50. The van der Waals surface area contributed by atoms with Crippen molar-refractivity contribution in [1.82, 2.24) is 9.97 Å². The highest BCUT2D eigenvalue weighted by atomic mass is 16.5. The molecule has 1 aromatic carbocycles. The Labute approximate surface area is 137 Å². The third kappa shape index (κ3) is 4.48. The van der Waals surface area contributed by atoms with Crippen molar-refractivity contribution in [1.29, 1.82) is 0 Å². The van der Waals surface area contributed by atoms with Gasteiger partial charge in [-0.3, -0.25) is 0 Å². The number of nitrogens with zero attached hydrogens (tertiary/aromatic N) is 2. The number of hydrogen-bond acceptors (Lipinski definition) is 6. The van der Waals surface area contributed by atoms with Crippen LogP contribution in [0.2, 0.25) is 0 Å². The molecule has 23 heavy (non-hydrogen) atoms. The van der Waals surface area contributed by atoms with Crippen LogP contribution in [-0.4, -0.2) is 30.2 Å². The second-order valence-electron chi connectivity index (χ2n) is 5.37. The van der Waals surface area contributed by atoms with Crippen molar-refractivity contribution < 1.29 is 9.47 Å². The van der Waals surface area contributed by atoms with Crippen LogP contribution in [0.25, 0.3) is 0 Å². The molecular weight excluding hydrogens is 292 g/mol. The van der Waals surface area contributed by atoms with Crippen molar-refractivity contribution in [3.05, 3.63) is 30.0 Å². The molecule has 1 atom stereocenters. The fraction of sp³-hybridized carbons (Fsp3) is 0.412. The third-order valence-electron chi connectivity index (χ3n) is 3.50. The van der Waals surface area contributed by atoms with Crippen LogP contribution >= 0.6 is 0 Å². The average Bonchev–Trinajstić information content (AvgIpc) is 2.54. The van der Waals surface area contributed by atoms with Crippen LogP contribution in [0.3, 0.4) is 0 Å². The molecular formula is C17H24N4O2. The molecule has 2 N–H and O–H groups in total. The molecule has 1 unspecified atom stereocenters. The topological polar surface area (TPSA) is 68.3 Å².